The molecule has 0 radical (unpaired) electrons. The summed E-state index contributed by atoms with van der Waals surface area (Å²) in [5, 5.41) is 13.4. The van der Waals surface area contributed by atoms with E-state index in [2.05, 4.69) is 5.32 Å². The van der Waals surface area contributed by atoms with E-state index >= 15 is 0 Å². The predicted octanol–water partition coefficient (Wildman–Crippen LogP) is 1.36. The van der Waals surface area contributed by atoms with Gasteiger partial charge in [-0.05, 0) is 23.3 Å². The predicted molar refractivity (Wildman–Crippen MR) is 94.6 cm³/mol. The molecular weight excluding hydrogens is 338 g/mol. The summed E-state index contributed by atoms with van der Waals surface area (Å²) in [6.07, 6.45) is 0.122. The van der Waals surface area contributed by atoms with E-state index < -0.39 is 22.8 Å². The highest BCUT2D eigenvalue weighted by molar-refractivity contribution is 5.87. The first kappa shape index (κ1) is 18.9. The van der Waals surface area contributed by atoms with Crippen LogP contribution in [0.25, 0.3) is 0 Å². The first-order valence-corrected chi connectivity index (χ1v) is 7.84. The Kier molecular flexibility index (Phi) is 6.26. The largest absolute Gasteiger partial charge is 0.497 e. The summed E-state index contributed by atoms with van der Waals surface area (Å²) < 4.78 is 5.13. The molecule has 0 aromatic heterocycles. The standard InChI is InChI=1S/C18H19N3O5/c1-26-15-7-3-5-13(9-15)10-16(18(19)23)20-17(22)11-12-4-2-6-14(8-12)21(24)25/h2-9,16H,10-11H2,1H3,(H2,19,23)(H,20,22)/t16-/m0/s1. The molecule has 0 aliphatic heterocycles. The Labute approximate surface area is 150 Å². The van der Waals surface area contributed by atoms with Crippen molar-refractivity contribution in [2.24, 2.45) is 5.73 Å². The number of hydrogen-bond acceptors (Lipinski definition) is 5. The number of carbonyl (C=O) groups excluding carboxylic acids is 2. The highest BCUT2D eigenvalue weighted by Gasteiger charge is 2.19. The van der Waals surface area contributed by atoms with Crippen molar-refractivity contribution < 1.29 is 19.2 Å². The number of primary amides is 1. The molecule has 8 nitrogen and oxygen atoms in total. The molecule has 2 amide bonds. The number of nitro benzene ring substituents is 1. The Bertz CT molecular complexity index is 822. The highest BCUT2D eigenvalue weighted by atomic mass is 16.6. The molecule has 0 saturated heterocycles. The fraction of sp³-hybridized carbons (Fsp3) is 0.222. The molecule has 0 aliphatic rings. The van der Waals surface area contributed by atoms with Crippen LogP contribution in [0.15, 0.2) is 48.5 Å². The smallest absolute Gasteiger partial charge is 0.269 e. The summed E-state index contributed by atoms with van der Waals surface area (Å²) >= 11 is 0. The average molecular weight is 357 g/mol. The zero-order valence-corrected chi connectivity index (χ0v) is 14.2. The van der Waals surface area contributed by atoms with E-state index in [4.69, 9.17) is 10.5 Å². The maximum absolute atomic E-state index is 12.2. The Morgan fingerprint density at radius 1 is 1.19 bits per heavy atom. The number of nitrogens with two attached hydrogens (primary N) is 1. The van der Waals surface area contributed by atoms with Crippen molar-refractivity contribution in [2.45, 2.75) is 18.9 Å². The highest BCUT2D eigenvalue weighted by Crippen LogP contribution is 2.15. The second-order valence-corrected chi connectivity index (χ2v) is 5.68. The van der Waals surface area contributed by atoms with Crippen LogP contribution < -0.4 is 15.8 Å². The van der Waals surface area contributed by atoms with Crippen molar-refractivity contribution >= 4 is 17.5 Å². The monoisotopic (exact) mass is 357 g/mol. The van der Waals surface area contributed by atoms with Crippen molar-refractivity contribution in [2.75, 3.05) is 7.11 Å². The molecule has 8 heteroatoms. The molecule has 0 unspecified atom stereocenters. The van der Waals surface area contributed by atoms with Crippen molar-refractivity contribution in [3.63, 3.8) is 0 Å². The molecular formula is C18H19N3O5. The number of hydrogen-bond donors (Lipinski definition) is 2. The third-order valence-electron chi connectivity index (χ3n) is 3.74. The van der Waals surface area contributed by atoms with Gasteiger partial charge in [0.1, 0.15) is 11.8 Å². The molecule has 1 atom stereocenters. The van der Waals surface area contributed by atoms with Crippen LogP contribution in [0.2, 0.25) is 0 Å². The van der Waals surface area contributed by atoms with Gasteiger partial charge in [0.25, 0.3) is 5.69 Å². The lowest BCUT2D eigenvalue weighted by Crippen LogP contribution is -2.46. The number of non-ortho nitro benzene ring substituents is 1. The normalized spacial score (nSPS) is 11.4. The van der Waals surface area contributed by atoms with Gasteiger partial charge in [-0.25, -0.2) is 0 Å². The summed E-state index contributed by atoms with van der Waals surface area (Å²) in [7, 11) is 1.53. The first-order valence-electron chi connectivity index (χ1n) is 7.84. The third kappa shape index (κ3) is 5.30. The van der Waals surface area contributed by atoms with E-state index in [0.717, 1.165) is 5.56 Å². The molecule has 0 bridgehead atoms. The van der Waals surface area contributed by atoms with Gasteiger partial charge in [0.2, 0.25) is 11.8 Å². The lowest BCUT2D eigenvalue weighted by Gasteiger charge is -2.16. The number of benzene rings is 2. The maximum atomic E-state index is 12.2. The van der Waals surface area contributed by atoms with Crippen molar-refractivity contribution in [1.82, 2.24) is 5.32 Å². The second kappa shape index (κ2) is 8.61. The number of carbonyl (C=O) groups is 2. The van der Waals surface area contributed by atoms with Crippen LogP contribution in [0.3, 0.4) is 0 Å². The molecule has 0 fully saturated rings. The molecule has 0 aliphatic carbocycles. The minimum Gasteiger partial charge on any atom is -0.497 e. The number of methoxy groups -OCH3 is 1. The quantitative estimate of drug-likeness (QED) is 0.545. The van der Waals surface area contributed by atoms with Gasteiger partial charge in [0.05, 0.1) is 18.5 Å². The lowest BCUT2D eigenvalue weighted by atomic mass is 10.0. The van der Waals surface area contributed by atoms with E-state index in [1.165, 1.54) is 25.3 Å². The number of nitro groups is 1. The van der Waals surface area contributed by atoms with Crippen molar-refractivity contribution in [1.29, 1.82) is 0 Å². The van der Waals surface area contributed by atoms with Gasteiger partial charge in [0, 0.05) is 18.6 Å². The Morgan fingerprint density at radius 2 is 1.88 bits per heavy atom. The van der Waals surface area contributed by atoms with Crippen LogP contribution in [0.1, 0.15) is 11.1 Å². The number of nitrogens with zero attached hydrogens (tertiary/aromatic N) is 1. The number of rotatable bonds is 8. The van der Waals surface area contributed by atoms with E-state index in [9.17, 15) is 19.7 Å². The minimum atomic E-state index is -0.895. The van der Waals surface area contributed by atoms with Gasteiger partial charge in [-0.15, -0.1) is 0 Å². The first-order chi connectivity index (χ1) is 12.4. The van der Waals surface area contributed by atoms with Gasteiger partial charge < -0.3 is 15.8 Å². The van der Waals surface area contributed by atoms with Crippen molar-refractivity contribution in [3.8, 4) is 5.75 Å². The second-order valence-electron chi connectivity index (χ2n) is 5.68. The summed E-state index contributed by atoms with van der Waals surface area (Å²) in [6.45, 7) is 0. The topological polar surface area (TPSA) is 125 Å². The molecule has 26 heavy (non-hydrogen) atoms. The van der Waals surface area contributed by atoms with E-state index in [0.29, 0.717) is 11.3 Å². The van der Waals surface area contributed by atoms with Crippen LogP contribution >= 0.6 is 0 Å². The number of nitrogens with one attached hydrogen (secondary N) is 1. The van der Waals surface area contributed by atoms with Gasteiger partial charge in [-0.1, -0.05) is 24.3 Å². The maximum Gasteiger partial charge on any atom is 0.269 e. The Morgan fingerprint density at radius 3 is 2.54 bits per heavy atom. The van der Waals surface area contributed by atoms with E-state index in [-0.39, 0.29) is 18.5 Å². The summed E-state index contributed by atoms with van der Waals surface area (Å²) in [5.74, 6) is -0.481. The van der Waals surface area contributed by atoms with Crippen LogP contribution in [0, 0.1) is 10.1 Å². The zero-order valence-electron chi connectivity index (χ0n) is 14.2. The molecule has 0 saturated carbocycles. The van der Waals surface area contributed by atoms with Crippen molar-refractivity contribution in [3.05, 3.63) is 69.8 Å². The molecule has 136 valence electrons. The summed E-state index contributed by atoms with van der Waals surface area (Å²) in [5.41, 5.74) is 6.54. The van der Waals surface area contributed by atoms with Gasteiger partial charge >= 0.3 is 0 Å². The number of amides is 2. The fourth-order valence-electron chi connectivity index (χ4n) is 2.47. The van der Waals surface area contributed by atoms with E-state index in [1.807, 2.05) is 0 Å². The molecule has 2 rings (SSSR count). The molecule has 0 spiro atoms. The lowest BCUT2D eigenvalue weighted by molar-refractivity contribution is -0.384. The molecule has 2 aromatic carbocycles. The SMILES string of the molecule is COc1cccc(C[C@H](NC(=O)Cc2cccc([N+](=O)[O-])c2)C(N)=O)c1. The molecule has 2 aromatic rings. The average Bonchev–Trinajstić information content (AvgIpc) is 2.61. The van der Waals surface area contributed by atoms with Gasteiger partial charge in [-0.3, -0.25) is 19.7 Å². The summed E-state index contributed by atoms with van der Waals surface area (Å²) in [4.78, 5) is 34.1. The number of ether oxygens (including phenoxy) is 1. The molecule has 0 heterocycles. The van der Waals surface area contributed by atoms with E-state index in [1.54, 1.807) is 30.3 Å². The van der Waals surface area contributed by atoms with Gasteiger partial charge in [-0.2, -0.15) is 0 Å². The fourth-order valence-corrected chi connectivity index (χ4v) is 2.47. The summed E-state index contributed by atoms with van der Waals surface area (Å²) in [6, 6.07) is 12.0. The Balaban J connectivity index is 2.04. The van der Waals surface area contributed by atoms with Gasteiger partial charge in [0.15, 0.2) is 0 Å². The zero-order chi connectivity index (χ0) is 19.1. The third-order valence-corrected chi connectivity index (χ3v) is 3.74. The van der Waals surface area contributed by atoms with Crippen LogP contribution in [-0.4, -0.2) is 29.9 Å². The Hall–Kier alpha value is -3.42. The minimum absolute atomic E-state index is 0.0937. The molecule has 3 N–H and O–H groups in total. The van der Waals surface area contributed by atoms with Crippen LogP contribution in [-0.2, 0) is 22.4 Å². The van der Waals surface area contributed by atoms with Crippen LogP contribution in [0.4, 0.5) is 5.69 Å². The van der Waals surface area contributed by atoms with Crippen LogP contribution in [0.5, 0.6) is 5.75 Å².